The van der Waals surface area contributed by atoms with Crippen LogP contribution in [0.5, 0.6) is 0 Å². The fourth-order valence-corrected chi connectivity index (χ4v) is 0.641. The second-order valence-electron chi connectivity index (χ2n) is 1.84. The number of ether oxygens (including phenoxy) is 1. The first kappa shape index (κ1) is 2.97. The molecule has 2 nitrogen and oxygen atoms in total. The minimum absolute atomic E-state index is 0.0509. The van der Waals surface area contributed by atoms with Crippen LogP contribution in [0.2, 0.25) is 0 Å². The van der Waals surface area contributed by atoms with E-state index >= 15 is 0 Å². The van der Waals surface area contributed by atoms with Gasteiger partial charge in [-0.25, -0.2) is 0 Å². The Balaban J connectivity index is 2.62. The van der Waals surface area contributed by atoms with Crippen molar-refractivity contribution in [3.63, 3.8) is 0 Å². The van der Waals surface area contributed by atoms with Gasteiger partial charge in [-0.05, 0) is 0 Å². The van der Waals surface area contributed by atoms with Crippen LogP contribution in [-0.2, 0) is 9.53 Å². The lowest BCUT2D eigenvalue weighted by Gasteiger charge is -2.15. The first-order chi connectivity index (χ1) is 5.02. The van der Waals surface area contributed by atoms with E-state index in [-0.39, 0.29) is 18.8 Å². The summed E-state index contributed by atoms with van der Waals surface area (Å²) in [7, 11) is 0. The molecule has 0 aromatic carbocycles. The van der Waals surface area contributed by atoms with Gasteiger partial charge in [-0.2, -0.15) is 0 Å². The monoisotopic (exact) mass is 117 g/mol. The average molecular weight is 117 g/mol. The van der Waals surface area contributed by atoms with Crippen LogP contribution in [0.25, 0.3) is 0 Å². The number of hydrogen-bond donors (Lipinski definition) is 0. The van der Waals surface area contributed by atoms with Crippen molar-refractivity contribution in [2.24, 2.45) is 5.92 Å². The molecule has 0 spiro atoms. The van der Waals surface area contributed by atoms with Crippen LogP contribution in [0, 0.1) is 5.92 Å². The van der Waals surface area contributed by atoms with E-state index in [1.807, 2.05) is 0 Å². The highest BCUT2D eigenvalue weighted by Crippen LogP contribution is 2.07. The number of hydrogen-bond acceptors (Lipinski definition) is 2. The molecular formula is C6H10O2. The SMILES string of the molecule is [2H]C([2H])([2H])C1COCCC1=O. The van der Waals surface area contributed by atoms with Crippen LogP contribution in [0.4, 0.5) is 0 Å². The van der Waals surface area contributed by atoms with Crippen molar-refractivity contribution < 1.29 is 13.6 Å². The van der Waals surface area contributed by atoms with Gasteiger partial charge in [0, 0.05) is 16.5 Å². The van der Waals surface area contributed by atoms with Crippen molar-refractivity contribution in [3.05, 3.63) is 0 Å². The molecule has 2 heteroatoms. The van der Waals surface area contributed by atoms with E-state index in [9.17, 15) is 4.79 Å². The predicted molar refractivity (Wildman–Crippen MR) is 29.6 cm³/mol. The van der Waals surface area contributed by atoms with E-state index in [1.54, 1.807) is 0 Å². The molecule has 0 aliphatic carbocycles. The molecule has 1 heterocycles. The smallest absolute Gasteiger partial charge is 0.140 e. The highest BCUT2D eigenvalue weighted by molar-refractivity contribution is 5.81. The topological polar surface area (TPSA) is 26.3 Å². The van der Waals surface area contributed by atoms with Crippen molar-refractivity contribution in [1.82, 2.24) is 0 Å². The average Bonchev–Trinajstić information content (AvgIpc) is 1.86. The molecule has 0 radical (unpaired) electrons. The molecule has 0 N–H and O–H groups in total. The molecular weight excluding hydrogens is 104 g/mol. The Morgan fingerprint density at radius 3 is 3.38 bits per heavy atom. The molecule has 8 heavy (non-hydrogen) atoms. The highest BCUT2D eigenvalue weighted by atomic mass is 16.5. The Labute approximate surface area is 53.0 Å². The van der Waals surface area contributed by atoms with Crippen LogP contribution >= 0.6 is 0 Å². The molecule has 0 aromatic heterocycles. The van der Waals surface area contributed by atoms with Crippen molar-refractivity contribution >= 4 is 5.78 Å². The number of ketones is 1. The normalized spacial score (nSPS) is 37.8. The summed E-state index contributed by atoms with van der Waals surface area (Å²) in [6.45, 7) is -1.77. The van der Waals surface area contributed by atoms with Crippen molar-refractivity contribution in [2.45, 2.75) is 13.3 Å². The van der Waals surface area contributed by atoms with Gasteiger partial charge < -0.3 is 4.74 Å². The third-order valence-corrected chi connectivity index (χ3v) is 1.17. The molecule has 1 saturated heterocycles. The molecule has 0 amide bonds. The third-order valence-electron chi connectivity index (χ3n) is 1.17. The van der Waals surface area contributed by atoms with Crippen LogP contribution in [0.3, 0.4) is 0 Å². The maximum Gasteiger partial charge on any atom is 0.140 e. The summed E-state index contributed by atoms with van der Waals surface area (Å²) in [6.07, 6.45) is 0.239. The van der Waals surface area contributed by atoms with Gasteiger partial charge in [-0.3, -0.25) is 4.79 Å². The van der Waals surface area contributed by atoms with Gasteiger partial charge in [-0.15, -0.1) is 0 Å². The van der Waals surface area contributed by atoms with Crippen LogP contribution < -0.4 is 0 Å². The largest absolute Gasteiger partial charge is 0.380 e. The Hall–Kier alpha value is -0.370. The minimum Gasteiger partial charge on any atom is -0.380 e. The van der Waals surface area contributed by atoms with E-state index in [0.717, 1.165) is 0 Å². The van der Waals surface area contributed by atoms with Crippen LogP contribution in [-0.4, -0.2) is 19.0 Å². The van der Waals surface area contributed by atoms with E-state index in [1.165, 1.54) is 0 Å². The number of rotatable bonds is 0. The Bertz CT molecular complexity index is 164. The van der Waals surface area contributed by atoms with Gasteiger partial charge in [0.2, 0.25) is 0 Å². The first-order valence-electron chi connectivity index (χ1n) is 4.12. The lowest BCUT2D eigenvalue weighted by molar-refractivity contribution is -0.129. The Kier molecular flexibility index (Phi) is 0.841. The maximum atomic E-state index is 11.0. The number of carbonyl (C=O) groups excluding carboxylic acids is 1. The van der Waals surface area contributed by atoms with Crippen LogP contribution in [0.15, 0.2) is 0 Å². The second kappa shape index (κ2) is 2.27. The van der Waals surface area contributed by atoms with Gasteiger partial charge >= 0.3 is 0 Å². The summed E-state index contributed by atoms with van der Waals surface area (Å²) < 4.78 is 25.9. The van der Waals surface area contributed by atoms with Crippen molar-refractivity contribution in [1.29, 1.82) is 0 Å². The fraction of sp³-hybridized carbons (Fsp3) is 0.833. The molecule has 0 bridgehead atoms. The van der Waals surface area contributed by atoms with Gasteiger partial charge in [0.25, 0.3) is 0 Å². The maximum absolute atomic E-state index is 11.0. The van der Waals surface area contributed by atoms with E-state index in [0.29, 0.717) is 6.61 Å². The predicted octanol–water partition coefficient (Wildman–Crippen LogP) is 0.612. The highest BCUT2D eigenvalue weighted by Gasteiger charge is 2.16. The van der Waals surface area contributed by atoms with E-state index < -0.39 is 12.8 Å². The summed E-state index contributed by atoms with van der Waals surface area (Å²) >= 11 is 0. The lowest BCUT2D eigenvalue weighted by atomic mass is 10.0. The summed E-state index contributed by atoms with van der Waals surface area (Å²) in [4.78, 5) is 11.0. The third kappa shape index (κ3) is 1.07. The Morgan fingerprint density at radius 1 is 2.00 bits per heavy atom. The number of carbonyl (C=O) groups is 1. The zero-order chi connectivity index (χ0) is 8.48. The molecule has 1 atom stereocenters. The van der Waals surface area contributed by atoms with Gasteiger partial charge in [0.15, 0.2) is 0 Å². The first-order valence-corrected chi connectivity index (χ1v) is 2.62. The summed E-state index contributed by atoms with van der Waals surface area (Å²) in [5.74, 6) is -1.09. The molecule has 1 aliphatic rings. The van der Waals surface area contributed by atoms with Gasteiger partial charge in [0.05, 0.1) is 13.2 Å². The summed E-state index contributed by atoms with van der Waals surface area (Å²) in [5, 5.41) is 0. The Morgan fingerprint density at radius 2 is 2.88 bits per heavy atom. The van der Waals surface area contributed by atoms with Crippen LogP contribution in [0.1, 0.15) is 17.4 Å². The quantitative estimate of drug-likeness (QED) is 0.464. The van der Waals surface area contributed by atoms with Gasteiger partial charge in [-0.1, -0.05) is 6.85 Å². The zero-order valence-electron chi connectivity index (χ0n) is 7.52. The molecule has 46 valence electrons. The molecule has 1 fully saturated rings. The second-order valence-corrected chi connectivity index (χ2v) is 1.84. The van der Waals surface area contributed by atoms with Gasteiger partial charge in [0.1, 0.15) is 5.78 Å². The molecule has 1 rings (SSSR count). The van der Waals surface area contributed by atoms with E-state index in [2.05, 4.69) is 0 Å². The minimum atomic E-state index is -2.18. The standard InChI is InChI=1S/C6H10O2/c1-5-4-8-3-2-6(5)7/h5H,2-4H2,1H3/i1D3. The molecule has 0 aromatic rings. The summed E-state index contributed by atoms with van der Waals surface area (Å²) in [5.41, 5.74) is 0. The van der Waals surface area contributed by atoms with E-state index in [4.69, 9.17) is 8.85 Å². The fourth-order valence-electron chi connectivity index (χ4n) is 0.641. The van der Waals surface area contributed by atoms with Crippen molar-refractivity contribution in [3.8, 4) is 0 Å². The molecule has 1 aliphatic heterocycles. The number of Topliss-reactive ketones (excluding diaryl/α,β-unsaturated/α-hetero) is 1. The zero-order valence-corrected chi connectivity index (χ0v) is 4.52. The molecule has 1 unspecified atom stereocenters. The molecule has 0 saturated carbocycles. The summed E-state index contributed by atoms with van der Waals surface area (Å²) in [6, 6.07) is 0. The van der Waals surface area contributed by atoms with Crippen molar-refractivity contribution in [2.75, 3.05) is 13.2 Å². The lowest BCUT2D eigenvalue weighted by Crippen LogP contribution is -2.24.